The van der Waals surface area contributed by atoms with Gasteiger partial charge in [-0.1, -0.05) is 0 Å². The molecular weight excluding hydrogens is 178 g/mol. The van der Waals surface area contributed by atoms with Gasteiger partial charge in [0.25, 0.3) is 0 Å². The fourth-order valence-corrected chi connectivity index (χ4v) is 1.43. The van der Waals surface area contributed by atoms with Crippen LogP contribution in [0.4, 0.5) is 0 Å². The number of methoxy groups -OCH3 is 1. The van der Waals surface area contributed by atoms with Gasteiger partial charge in [0, 0.05) is 31.4 Å². The quantitative estimate of drug-likeness (QED) is 0.736. The van der Waals surface area contributed by atoms with E-state index >= 15 is 0 Å². The molecule has 4 nitrogen and oxygen atoms in total. The second kappa shape index (κ2) is 3.75. The Balaban J connectivity index is 2.40. The molecule has 0 saturated heterocycles. The number of nitrogens with zero attached hydrogens (tertiary/aromatic N) is 3. The van der Waals surface area contributed by atoms with Crippen LogP contribution in [0.5, 0.6) is 0 Å². The van der Waals surface area contributed by atoms with E-state index in [1.54, 1.807) is 7.11 Å². The second-order valence-electron chi connectivity index (χ2n) is 3.20. The summed E-state index contributed by atoms with van der Waals surface area (Å²) in [5, 5.41) is 1.08. The van der Waals surface area contributed by atoms with Crippen LogP contribution in [0.3, 0.4) is 0 Å². The lowest BCUT2D eigenvalue weighted by molar-refractivity contribution is 0.188. The van der Waals surface area contributed by atoms with E-state index in [4.69, 9.17) is 4.74 Å². The first-order valence-corrected chi connectivity index (χ1v) is 4.58. The zero-order chi connectivity index (χ0) is 9.97. The van der Waals surface area contributed by atoms with E-state index in [1.807, 2.05) is 25.4 Å². The van der Waals surface area contributed by atoms with E-state index < -0.39 is 0 Å². The largest absolute Gasteiger partial charge is 0.383 e. The highest BCUT2D eigenvalue weighted by Crippen LogP contribution is 2.11. The fourth-order valence-electron chi connectivity index (χ4n) is 1.43. The Hall–Kier alpha value is -1.42. The molecule has 0 bridgehead atoms. The molecule has 0 aliphatic heterocycles. The molecule has 0 amide bonds. The van der Waals surface area contributed by atoms with E-state index in [1.165, 1.54) is 0 Å². The third-order valence-electron chi connectivity index (χ3n) is 2.16. The van der Waals surface area contributed by atoms with Gasteiger partial charge in [0.15, 0.2) is 0 Å². The highest BCUT2D eigenvalue weighted by Gasteiger charge is 2.02. The van der Waals surface area contributed by atoms with Crippen molar-refractivity contribution in [2.45, 2.75) is 13.5 Å². The highest BCUT2D eigenvalue weighted by atomic mass is 16.5. The van der Waals surface area contributed by atoms with Crippen molar-refractivity contribution < 1.29 is 4.74 Å². The lowest BCUT2D eigenvalue weighted by Crippen LogP contribution is -2.04. The van der Waals surface area contributed by atoms with Gasteiger partial charge in [0.05, 0.1) is 6.61 Å². The van der Waals surface area contributed by atoms with Gasteiger partial charge in [0.1, 0.15) is 11.5 Å². The molecule has 0 atom stereocenters. The summed E-state index contributed by atoms with van der Waals surface area (Å²) in [5.74, 6) is 0.801. The van der Waals surface area contributed by atoms with E-state index in [9.17, 15) is 0 Å². The molecule has 0 fully saturated rings. The Morgan fingerprint density at radius 3 is 3.14 bits per heavy atom. The second-order valence-corrected chi connectivity index (χ2v) is 3.20. The first-order valence-electron chi connectivity index (χ1n) is 4.58. The van der Waals surface area contributed by atoms with Gasteiger partial charge in [-0.3, -0.25) is 0 Å². The Labute approximate surface area is 82.5 Å². The zero-order valence-electron chi connectivity index (χ0n) is 8.40. The van der Waals surface area contributed by atoms with Gasteiger partial charge in [-0.25, -0.2) is 9.97 Å². The van der Waals surface area contributed by atoms with Crippen LogP contribution in [-0.4, -0.2) is 28.3 Å². The minimum absolute atomic E-state index is 0.701. The summed E-state index contributed by atoms with van der Waals surface area (Å²) in [6, 6.07) is 2.02. The Bertz CT molecular complexity index is 436. The van der Waals surface area contributed by atoms with Crippen molar-refractivity contribution in [1.82, 2.24) is 14.5 Å². The summed E-state index contributed by atoms with van der Waals surface area (Å²) in [4.78, 5) is 8.53. The molecule has 2 rings (SSSR count). The van der Waals surface area contributed by atoms with Crippen molar-refractivity contribution in [1.29, 1.82) is 0 Å². The molecule has 0 N–H and O–H groups in total. The Morgan fingerprint density at radius 1 is 1.50 bits per heavy atom. The van der Waals surface area contributed by atoms with Gasteiger partial charge in [0.2, 0.25) is 0 Å². The number of rotatable bonds is 3. The van der Waals surface area contributed by atoms with Crippen molar-refractivity contribution in [2.24, 2.45) is 0 Å². The minimum atomic E-state index is 0.701. The molecule has 0 aliphatic rings. The summed E-state index contributed by atoms with van der Waals surface area (Å²) >= 11 is 0. The molecule has 2 aromatic heterocycles. The summed E-state index contributed by atoms with van der Waals surface area (Å²) in [6.45, 7) is 3.43. The lowest BCUT2D eigenvalue weighted by atomic mass is 10.4. The van der Waals surface area contributed by atoms with Crippen LogP contribution in [0.1, 0.15) is 5.82 Å². The maximum atomic E-state index is 5.03. The number of aromatic nitrogens is 3. The summed E-state index contributed by atoms with van der Waals surface area (Å²) in [5.41, 5.74) is 0.981. The summed E-state index contributed by atoms with van der Waals surface area (Å²) in [6.07, 6.45) is 3.86. The van der Waals surface area contributed by atoms with E-state index in [0.29, 0.717) is 6.61 Å². The van der Waals surface area contributed by atoms with Crippen molar-refractivity contribution in [2.75, 3.05) is 13.7 Å². The van der Waals surface area contributed by atoms with Gasteiger partial charge >= 0.3 is 0 Å². The van der Waals surface area contributed by atoms with Crippen LogP contribution >= 0.6 is 0 Å². The molecular formula is C10H13N3O. The minimum Gasteiger partial charge on any atom is -0.383 e. The van der Waals surface area contributed by atoms with Crippen molar-refractivity contribution >= 4 is 11.0 Å². The molecule has 74 valence electrons. The molecule has 0 spiro atoms. The number of hydrogen-bond acceptors (Lipinski definition) is 3. The van der Waals surface area contributed by atoms with Gasteiger partial charge in [-0.05, 0) is 13.0 Å². The van der Waals surface area contributed by atoms with Gasteiger partial charge < -0.3 is 9.30 Å². The number of hydrogen-bond donors (Lipinski definition) is 0. The number of ether oxygens (including phenoxy) is 1. The van der Waals surface area contributed by atoms with Crippen molar-refractivity contribution in [3.63, 3.8) is 0 Å². The fraction of sp³-hybridized carbons (Fsp3) is 0.400. The van der Waals surface area contributed by atoms with E-state index in [-0.39, 0.29) is 0 Å². The molecule has 14 heavy (non-hydrogen) atoms. The lowest BCUT2D eigenvalue weighted by Gasteiger charge is -2.03. The smallest absolute Gasteiger partial charge is 0.143 e. The van der Waals surface area contributed by atoms with Crippen LogP contribution in [0, 0.1) is 6.92 Å². The third kappa shape index (κ3) is 1.61. The Kier molecular flexibility index (Phi) is 2.45. The SMILES string of the molecule is COCCn1ccc2cnc(C)nc21. The normalized spacial score (nSPS) is 11.0. The predicted molar refractivity (Wildman–Crippen MR) is 54.1 cm³/mol. The van der Waals surface area contributed by atoms with Gasteiger partial charge in [-0.15, -0.1) is 0 Å². The highest BCUT2D eigenvalue weighted by molar-refractivity contribution is 5.74. The Morgan fingerprint density at radius 2 is 2.36 bits per heavy atom. The molecule has 2 aromatic rings. The van der Waals surface area contributed by atoms with Crippen LogP contribution in [0.25, 0.3) is 11.0 Å². The van der Waals surface area contributed by atoms with Crippen molar-refractivity contribution in [3.05, 3.63) is 24.3 Å². The molecule has 2 heterocycles. The summed E-state index contributed by atoms with van der Waals surface area (Å²) < 4.78 is 7.11. The van der Waals surface area contributed by atoms with Crippen LogP contribution in [0.15, 0.2) is 18.5 Å². The first kappa shape index (κ1) is 9.15. The molecule has 0 aromatic carbocycles. The molecule has 0 unspecified atom stereocenters. The maximum Gasteiger partial charge on any atom is 0.143 e. The number of fused-ring (bicyclic) bond motifs is 1. The average Bonchev–Trinajstić information content (AvgIpc) is 2.57. The van der Waals surface area contributed by atoms with Crippen LogP contribution in [0.2, 0.25) is 0 Å². The van der Waals surface area contributed by atoms with E-state index in [0.717, 1.165) is 23.4 Å². The monoisotopic (exact) mass is 191 g/mol. The standard InChI is InChI=1S/C10H13N3O/c1-8-11-7-9-3-4-13(5-6-14-2)10(9)12-8/h3-4,7H,5-6H2,1-2H3. The van der Waals surface area contributed by atoms with E-state index in [2.05, 4.69) is 14.5 Å². The predicted octanol–water partition coefficient (Wildman–Crippen LogP) is 1.39. The van der Waals surface area contributed by atoms with Crippen LogP contribution < -0.4 is 0 Å². The number of aryl methyl sites for hydroxylation is 1. The molecule has 4 heteroatoms. The summed E-state index contributed by atoms with van der Waals surface area (Å²) in [7, 11) is 1.70. The average molecular weight is 191 g/mol. The molecule has 0 radical (unpaired) electrons. The topological polar surface area (TPSA) is 39.9 Å². The molecule has 0 aliphatic carbocycles. The first-order chi connectivity index (χ1) is 6.81. The maximum absolute atomic E-state index is 5.03. The third-order valence-corrected chi connectivity index (χ3v) is 2.16. The van der Waals surface area contributed by atoms with Gasteiger partial charge in [-0.2, -0.15) is 0 Å². The molecule has 0 saturated carbocycles. The zero-order valence-corrected chi connectivity index (χ0v) is 8.40. The van der Waals surface area contributed by atoms with Crippen molar-refractivity contribution in [3.8, 4) is 0 Å². The van der Waals surface area contributed by atoms with Crippen LogP contribution in [-0.2, 0) is 11.3 Å².